The van der Waals surface area contributed by atoms with E-state index in [2.05, 4.69) is 15.3 Å². The Kier molecular flexibility index (Phi) is 2.80. The van der Waals surface area contributed by atoms with E-state index in [9.17, 15) is 9.59 Å². The molecule has 0 aliphatic carbocycles. The summed E-state index contributed by atoms with van der Waals surface area (Å²) in [6.45, 7) is 3.51. The number of amides is 1. The molecule has 1 amide bonds. The average molecular weight is 244 g/mol. The number of anilines is 1. The van der Waals surface area contributed by atoms with Crippen LogP contribution >= 0.6 is 0 Å². The van der Waals surface area contributed by atoms with Gasteiger partial charge in [-0.05, 0) is 36.6 Å². The molecular formula is C12H12N4O2. The average Bonchev–Trinajstić information content (AvgIpc) is 2.34. The van der Waals surface area contributed by atoms with Gasteiger partial charge in [0, 0.05) is 10.5 Å². The largest absolute Gasteiger partial charge is 0.324 e. The first kappa shape index (κ1) is 12.1. The SMILES string of the molecule is CCC1(N=[N+]=[N-])C(=O)Nc2cc(C)ccc2C1=O. The van der Waals surface area contributed by atoms with E-state index in [1.807, 2.05) is 6.92 Å². The molecular weight excluding hydrogens is 232 g/mol. The third-order valence-electron chi connectivity index (χ3n) is 3.15. The lowest BCUT2D eigenvalue weighted by Gasteiger charge is -2.30. The number of ketones is 1. The molecule has 0 saturated carbocycles. The van der Waals surface area contributed by atoms with E-state index in [-0.39, 0.29) is 6.42 Å². The Morgan fingerprint density at radius 2 is 2.17 bits per heavy atom. The Morgan fingerprint density at radius 3 is 2.78 bits per heavy atom. The van der Waals surface area contributed by atoms with Gasteiger partial charge in [-0.3, -0.25) is 9.59 Å². The van der Waals surface area contributed by atoms with Crippen molar-refractivity contribution in [3.63, 3.8) is 0 Å². The molecule has 1 aliphatic heterocycles. The maximum absolute atomic E-state index is 12.4. The molecule has 0 fully saturated rings. The highest BCUT2D eigenvalue weighted by atomic mass is 16.2. The number of fused-ring (bicyclic) bond motifs is 1. The van der Waals surface area contributed by atoms with Gasteiger partial charge < -0.3 is 5.32 Å². The fraction of sp³-hybridized carbons (Fsp3) is 0.333. The summed E-state index contributed by atoms with van der Waals surface area (Å²) >= 11 is 0. The molecule has 1 aliphatic rings. The second-order valence-electron chi connectivity index (χ2n) is 4.24. The number of azide groups is 1. The van der Waals surface area contributed by atoms with Crippen molar-refractivity contribution in [1.82, 2.24) is 0 Å². The number of nitrogens with zero attached hydrogens (tertiary/aromatic N) is 3. The number of nitrogens with one attached hydrogen (secondary N) is 1. The number of Topliss-reactive ketones (excluding diaryl/α,β-unsaturated/α-hetero) is 1. The monoisotopic (exact) mass is 244 g/mol. The van der Waals surface area contributed by atoms with Crippen LogP contribution in [0.4, 0.5) is 5.69 Å². The fourth-order valence-electron chi connectivity index (χ4n) is 2.07. The van der Waals surface area contributed by atoms with E-state index in [0.29, 0.717) is 11.3 Å². The lowest BCUT2D eigenvalue weighted by atomic mass is 9.82. The second-order valence-corrected chi connectivity index (χ2v) is 4.24. The molecule has 0 bridgehead atoms. The highest BCUT2D eigenvalue weighted by Crippen LogP contribution is 2.33. The maximum atomic E-state index is 12.4. The van der Waals surface area contributed by atoms with Crippen molar-refractivity contribution in [2.75, 3.05) is 5.32 Å². The smallest absolute Gasteiger partial charge is 0.244 e. The van der Waals surface area contributed by atoms with E-state index in [1.54, 1.807) is 25.1 Å². The predicted molar refractivity (Wildman–Crippen MR) is 66.3 cm³/mol. The summed E-state index contributed by atoms with van der Waals surface area (Å²) in [5.74, 6) is -1.01. The van der Waals surface area contributed by atoms with E-state index < -0.39 is 17.2 Å². The Hall–Kier alpha value is -2.33. The highest BCUT2D eigenvalue weighted by molar-refractivity contribution is 6.27. The molecule has 1 aromatic carbocycles. The molecule has 18 heavy (non-hydrogen) atoms. The predicted octanol–water partition coefficient (Wildman–Crippen LogP) is 2.59. The number of carbonyl (C=O) groups excluding carboxylic acids is 2. The molecule has 1 N–H and O–H groups in total. The molecule has 1 heterocycles. The van der Waals surface area contributed by atoms with Gasteiger partial charge in [0.1, 0.15) is 0 Å². The maximum Gasteiger partial charge on any atom is 0.244 e. The van der Waals surface area contributed by atoms with Gasteiger partial charge in [0.2, 0.25) is 5.91 Å². The van der Waals surface area contributed by atoms with Crippen LogP contribution in [0.2, 0.25) is 0 Å². The van der Waals surface area contributed by atoms with Crippen molar-refractivity contribution >= 4 is 17.4 Å². The van der Waals surface area contributed by atoms with Crippen LogP contribution in [0.1, 0.15) is 29.3 Å². The molecule has 6 heteroatoms. The van der Waals surface area contributed by atoms with Crippen LogP contribution < -0.4 is 5.32 Å². The van der Waals surface area contributed by atoms with Gasteiger partial charge in [-0.2, -0.15) is 0 Å². The molecule has 0 saturated heterocycles. The zero-order valence-corrected chi connectivity index (χ0v) is 10.1. The molecule has 1 unspecified atom stereocenters. The zero-order valence-electron chi connectivity index (χ0n) is 10.1. The number of carbonyl (C=O) groups is 2. The van der Waals surface area contributed by atoms with Crippen LogP contribution in [-0.2, 0) is 4.79 Å². The number of hydrogen-bond acceptors (Lipinski definition) is 3. The topological polar surface area (TPSA) is 94.9 Å². The molecule has 1 aromatic rings. The summed E-state index contributed by atoms with van der Waals surface area (Å²) in [6.07, 6.45) is 0.134. The van der Waals surface area contributed by atoms with Gasteiger partial charge in [-0.15, -0.1) is 0 Å². The molecule has 0 spiro atoms. The first-order valence-corrected chi connectivity index (χ1v) is 5.58. The van der Waals surface area contributed by atoms with Crippen LogP contribution in [0.3, 0.4) is 0 Å². The summed E-state index contributed by atoms with van der Waals surface area (Å²) in [5.41, 5.74) is 8.71. The first-order chi connectivity index (χ1) is 8.55. The quantitative estimate of drug-likeness (QED) is 0.374. The number of rotatable bonds is 2. The fourth-order valence-corrected chi connectivity index (χ4v) is 2.07. The van der Waals surface area contributed by atoms with Gasteiger partial charge in [-0.25, -0.2) is 0 Å². The van der Waals surface area contributed by atoms with E-state index in [0.717, 1.165) is 5.56 Å². The van der Waals surface area contributed by atoms with Crippen molar-refractivity contribution in [2.45, 2.75) is 25.8 Å². The lowest BCUT2D eigenvalue weighted by molar-refractivity contribution is -0.119. The Bertz CT molecular complexity index is 590. The van der Waals surface area contributed by atoms with Gasteiger partial charge in [0.15, 0.2) is 11.3 Å². The van der Waals surface area contributed by atoms with Crippen molar-refractivity contribution in [3.05, 3.63) is 39.8 Å². The Morgan fingerprint density at radius 1 is 1.44 bits per heavy atom. The van der Waals surface area contributed by atoms with Crippen molar-refractivity contribution < 1.29 is 9.59 Å². The van der Waals surface area contributed by atoms with Gasteiger partial charge in [0.05, 0.1) is 5.69 Å². The summed E-state index contributed by atoms with van der Waals surface area (Å²) in [5, 5.41) is 6.07. The zero-order chi connectivity index (χ0) is 13.3. The van der Waals surface area contributed by atoms with Crippen LogP contribution in [0.15, 0.2) is 23.3 Å². The van der Waals surface area contributed by atoms with Gasteiger partial charge in [0.25, 0.3) is 0 Å². The van der Waals surface area contributed by atoms with E-state index >= 15 is 0 Å². The van der Waals surface area contributed by atoms with Crippen LogP contribution in [0.5, 0.6) is 0 Å². The van der Waals surface area contributed by atoms with Gasteiger partial charge in [-0.1, -0.05) is 18.1 Å². The van der Waals surface area contributed by atoms with Crippen molar-refractivity contribution in [2.24, 2.45) is 5.11 Å². The van der Waals surface area contributed by atoms with E-state index in [1.165, 1.54) is 0 Å². The van der Waals surface area contributed by atoms with Crippen LogP contribution in [-0.4, -0.2) is 17.2 Å². The number of hydrogen-bond donors (Lipinski definition) is 1. The molecule has 92 valence electrons. The normalized spacial score (nSPS) is 21.9. The number of benzene rings is 1. The lowest BCUT2D eigenvalue weighted by Crippen LogP contribution is -2.51. The Labute approximate surface area is 104 Å². The third-order valence-corrected chi connectivity index (χ3v) is 3.15. The minimum absolute atomic E-state index is 0.134. The molecule has 1 atom stereocenters. The molecule has 2 rings (SSSR count). The molecule has 6 nitrogen and oxygen atoms in total. The minimum atomic E-state index is -1.66. The highest BCUT2D eigenvalue weighted by Gasteiger charge is 2.48. The standard InChI is InChI=1S/C12H12N4O2/c1-3-12(15-16-13)10(17)8-5-4-7(2)6-9(8)14-11(12)18/h4-6H,3H2,1-2H3,(H,14,18). The van der Waals surface area contributed by atoms with Crippen LogP contribution in [0, 0.1) is 6.92 Å². The number of aryl methyl sites for hydroxylation is 1. The first-order valence-electron chi connectivity index (χ1n) is 5.58. The Balaban J connectivity index is 2.64. The minimum Gasteiger partial charge on any atom is -0.324 e. The van der Waals surface area contributed by atoms with Crippen molar-refractivity contribution in [3.8, 4) is 0 Å². The molecule has 0 radical (unpaired) electrons. The molecule has 0 aromatic heterocycles. The summed E-state index contributed by atoms with van der Waals surface area (Å²) in [4.78, 5) is 27.0. The third kappa shape index (κ3) is 1.55. The van der Waals surface area contributed by atoms with E-state index in [4.69, 9.17) is 5.53 Å². The van der Waals surface area contributed by atoms with Crippen molar-refractivity contribution in [1.29, 1.82) is 0 Å². The van der Waals surface area contributed by atoms with Gasteiger partial charge >= 0.3 is 0 Å². The summed E-state index contributed by atoms with van der Waals surface area (Å²) in [7, 11) is 0. The summed E-state index contributed by atoms with van der Waals surface area (Å²) < 4.78 is 0. The summed E-state index contributed by atoms with van der Waals surface area (Å²) in [6, 6.07) is 5.15. The second kappa shape index (κ2) is 4.16. The van der Waals surface area contributed by atoms with Crippen LogP contribution in [0.25, 0.3) is 10.4 Å².